The van der Waals surface area contributed by atoms with Crippen LogP contribution in [0.2, 0.25) is 10.0 Å². The molecular formula is C22H21Cl2NO. The van der Waals surface area contributed by atoms with Gasteiger partial charge in [0.25, 0.3) is 0 Å². The molecule has 26 heavy (non-hydrogen) atoms. The zero-order chi connectivity index (χ0) is 18.3. The number of likely N-dealkylation sites (N-methyl/N-ethyl adjacent to an activating group) is 1. The van der Waals surface area contributed by atoms with Crippen molar-refractivity contribution in [1.82, 2.24) is 4.90 Å². The molecule has 2 bridgehead atoms. The Balaban J connectivity index is 1.72. The fraction of sp³-hybridized carbons (Fsp3) is 0.318. The smallest absolute Gasteiger partial charge is 0.161 e. The fourth-order valence-corrected chi connectivity index (χ4v) is 4.70. The van der Waals surface area contributed by atoms with Crippen LogP contribution >= 0.6 is 23.2 Å². The van der Waals surface area contributed by atoms with E-state index in [0.717, 1.165) is 30.5 Å². The third kappa shape index (κ3) is 3.11. The van der Waals surface area contributed by atoms with E-state index in [0.29, 0.717) is 16.5 Å². The summed E-state index contributed by atoms with van der Waals surface area (Å²) in [6.07, 6.45) is 4.57. The Morgan fingerprint density at radius 2 is 1.88 bits per heavy atom. The van der Waals surface area contributed by atoms with E-state index in [9.17, 15) is 4.79 Å². The van der Waals surface area contributed by atoms with Crippen LogP contribution in [0.15, 0.2) is 54.1 Å². The average molecular weight is 386 g/mol. The number of benzene rings is 2. The monoisotopic (exact) mass is 385 g/mol. The number of hydrogen-bond donors (Lipinski definition) is 0. The Morgan fingerprint density at radius 3 is 2.62 bits per heavy atom. The van der Waals surface area contributed by atoms with Gasteiger partial charge in [-0.2, -0.15) is 0 Å². The van der Waals surface area contributed by atoms with Crippen LogP contribution in [0.25, 0.3) is 6.08 Å². The van der Waals surface area contributed by atoms with E-state index in [1.165, 1.54) is 5.56 Å². The molecule has 2 aliphatic rings. The Bertz CT molecular complexity index is 877. The van der Waals surface area contributed by atoms with Crippen molar-refractivity contribution in [3.05, 3.63) is 75.3 Å². The van der Waals surface area contributed by atoms with E-state index < -0.39 is 0 Å². The summed E-state index contributed by atoms with van der Waals surface area (Å²) in [5, 5.41) is 1.04. The van der Waals surface area contributed by atoms with Gasteiger partial charge < -0.3 is 0 Å². The van der Waals surface area contributed by atoms with E-state index in [4.69, 9.17) is 23.2 Å². The van der Waals surface area contributed by atoms with Gasteiger partial charge in [-0.1, -0.05) is 59.6 Å². The van der Waals surface area contributed by atoms with Crippen molar-refractivity contribution < 1.29 is 4.79 Å². The van der Waals surface area contributed by atoms with E-state index in [2.05, 4.69) is 36.2 Å². The maximum atomic E-state index is 13.1. The highest BCUT2D eigenvalue weighted by Crippen LogP contribution is 2.47. The second kappa shape index (κ2) is 6.84. The minimum Gasteiger partial charge on any atom is -0.299 e. The number of ketones is 1. The predicted octanol–water partition coefficient (Wildman–Crippen LogP) is 5.38. The third-order valence-electron chi connectivity index (χ3n) is 5.89. The van der Waals surface area contributed by atoms with Crippen LogP contribution in [0, 0.1) is 0 Å². The molecule has 1 aliphatic carbocycles. The van der Waals surface area contributed by atoms with Crippen molar-refractivity contribution in [2.75, 3.05) is 13.6 Å². The maximum Gasteiger partial charge on any atom is 0.161 e. The maximum absolute atomic E-state index is 13.1. The van der Waals surface area contributed by atoms with Gasteiger partial charge in [-0.15, -0.1) is 0 Å². The molecule has 2 atom stereocenters. The lowest BCUT2D eigenvalue weighted by atomic mass is 9.61. The van der Waals surface area contributed by atoms with Crippen LogP contribution in [-0.2, 0) is 10.2 Å². The van der Waals surface area contributed by atoms with Crippen LogP contribution in [-0.4, -0.2) is 30.3 Å². The molecule has 1 aliphatic heterocycles. The summed E-state index contributed by atoms with van der Waals surface area (Å²) in [4.78, 5) is 15.4. The molecule has 134 valence electrons. The number of hydrogen-bond acceptors (Lipinski definition) is 2. The van der Waals surface area contributed by atoms with Crippen LogP contribution in [0.4, 0.5) is 0 Å². The van der Waals surface area contributed by atoms with Gasteiger partial charge in [0.15, 0.2) is 5.78 Å². The minimum absolute atomic E-state index is 0.0372. The highest BCUT2D eigenvalue weighted by Gasteiger charge is 2.48. The van der Waals surface area contributed by atoms with Crippen molar-refractivity contribution in [2.45, 2.75) is 30.7 Å². The average Bonchev–Trinajstić information content (AvgIpc) is 2.65. The lowest BCUT2D eigenvalue weighted by molar-refractivity contribution is -0.120. The Kier molecular flexibility index (Phi) is 4.68. The lowest BCUT2D eigenvalue weighted by Crippen LogP contribution is -2.53. The SMILES string of the molecule is CN1CCC2(c3ccccc3)CC(=O)/C(=C/c3ccc(Cl)c(Cl)c3)C1C2. The van der Waals surface area contributed by atoms with E-state index in [-0.39, 0.29) is 17.2 Å². The summed E-state index contributed by atoms with van der Waals surface area (Å²) in [7, 11) is 2.11. The molecule has 0 N–H and O–H groups in total. The first-order chi connectivity index (χ1) is 12.5. The molecule has 2 fully saturated rings. The van der Waals surface area contributed by atoms with Gasteiger partial charge in [0.05, 0.1) is 10.0 Å². The normalized spacial score (nSPS) is 27.7. The number of carbonyl (C=O) groups excluding carboxylic acids is 1. The Hall–Kier alpha value is -1.61. The zero-order valence-electron chi connectivity index (χ0n) is 14.7. The molecule has 0 aromatic heterocycles. The second-order valence-electron chi connectivity index (χ2n) is 7.47. The van der Waals surface area contributed by atoms with Gasteiger partial charge in [0, 0.05) is 23.5 Å². The molecular weight excluding hydrogens is 365 g/mol. The number of halogens is 2. The highest BCUT2D eigenvalue weighted by atomic mass is 35.5. The van der Waals surface area contributed by atoms with Crippen molar-refractivity contribution >= 4 is 35.1 Å². The molecule has 1 saturated heterocycles. The highest BCUT2D eigenvalue weighted by molar-refractivity contribution is 6.42. The number of nitrogens with zero attached hydrogens (tertiary/aromatic N) is 1. The summed E-state index contributed by atoms with van der Waals surface area (Å²) < 4.78 is 0. The summed E-state index contributed by atoms with van der Waals surface area (Å²) in [5.41, 5.74) is 3.07. The second-order valence-corrected chi connectivity index (χ2v) is 8.28. The predicted molar refractivity (Wildman–Crippen MR) is 108 cm³/mol. The first-order valence-corrected chi connectivity index (χ1v) is 9.70. The molecule has 1 heterocycles. The molecule has 1 saturated carbocycles. The van der Waals surface area contributed by atoms with Crippen molar-refractivity contribution in [3.8, 4) is 0 Å². The van der Waals surface area contributed by atoms with Crippen molar-refractivity contribution in [2.24, 2.45) is 0 Å². The number of carbonyl (C=O) groups is 1. The fourth-order valence-electron chi connectivity index (χ4n) is 4.39. The van der Waals surface area contributed by atoms with Crippen LogP contribution in [0.3, 0.4) is 0 Å². The molecule has 4 heteroatoms. The van der Waals surface area contributed by atoms with Gasteiger partial charge in [0.2, 0.25) is 0 Å². The minimum atomic E-state index is -0.0372. The van der Waals surface area contributed by atoms with Gasteiger partial charge in [0.1, 0.15) is 0 Å². The molecule has 4 rings (SSSR count). The largest absolute Gasteiger partial charge is 0.299 e. The Morgan fingerprint density at radius 1 is 1.12 bits per heavy atom. The van der Waals surface area contributed by atoms with Crippen LogP contribution < -0.4 is 0 Å². The molecule has 0 spiro atoms. The molecule has 0 radical (unpaired) electrons. The molecule has 2 nitrogen and oxygen atoms in total. The number of likely N-dealkylation sites (tertiary alicyclic amines) is 1. The number of piperidine rings is 1. The topological polar surface area (TPSA) is 20.3 Å². The molecule has 2 aromatic rings. The number of fused-ring (bicyclic) bond motifs is 2. The van der Waals surface area contributed by atoms with Crippen LogP contribution in [0.5, 0.6) is 0 Å². The number of rotatable bonds is 2. The first kappa shape index (κ1) is 17.8. The molecule has 0 amide bonds. The molecule has 2 unspecified atom stereocenters. The van der Waals surface area contributed by atoms with Gasteiger partial charge in [-0.3, -0.25) is 9.69 Å². The third-order valence-corrected chi connectivity index (χ3v) is 6.63. The molecule has 2 aromatic carbocycles. The first-order valence-electron chi connectivity index (χ1n) is 8.94. The summed E-state index contributed by atoms with van der Waals surface area (Å²) in [6.45, 7) is 0.992. The van der Waals surface area contributed by atoms with Gasteiger partial charge in [-0.25, -0.2) is 0 Å². The van der Waals surface area contributed by atoms with Crippen molar-refractivity contribution in [1.29, 1.82) is 0 Å². The summed E-state index contributed by atoms with van der Waals surface area (Å²) >= 11 is 12.2. The summed E-state index contributed by atoms with van der Waals surface area (Å²) in [5.74, 6) is 0.239. The Labute approximate surface area is 164 Å². The van der Waals surface area contributed by atoms with E-state index >= 15 is 0 Å². The van der Waals surface area contributed by atoms with Crippen molar-refractivity contribution in [3.63, 3.8) is 0 Å². The van der Waals surface area contributed by atoms with Gasteiger partial charge in [-0.05, 0) is 55.8 Å². The standard InChI is InChI=1S/C22H21Cl2NO/c1-25-10-9-22(16-5-3-2-4-6-16)13-20(25)17(21(26)14-22)11-15-7-8-18(23)19(24)12-15/h2-8,11-12,20H,9-10,13-14H2,1H3/b17-11+. The summed E-state index contributed by atoms with van der Waals surface area (Å²) in [6, 6.07) is 16.2. The lowest BCUT2D eigenvalue weighted by Gasteiger charge is -2.50. The van der Waals surface area contributed by atoms with Gasteiger partial charge >= 0.3 is 0 Å². The zero-order valence-corrected chi connectivity index (χ0v) is 16.2. The van der Waals surface area contributed by atoms with E-state index in [1.54, 1.807) is 6.07 Å². The quantitative estimate of drug-likeness (QED) is 0.646. The van der Waals surface area contributed by atoms with E-state index in [1.807, 2.05) is 24.3 Å². The number of Topliss-reactive ketones (excluding diaryl/α,β-unsaturated/α-hetero) is 1. The van der Waals surface area contributed by atoms with Crippen LogP contribution in [0.1, 0.15) is 30.4 Å².